The predicted molar refractivity (Wildman–Crippen MR) is 184 cm³/mol. The molecule has 6 aliphatic carbocycles. The SMILES string of the molecule is CC1CC2C(C3CCCCC3)CCCC2C1[Si](C)(CCCCCCOC(C)(C)C)C1C2CCCCC2C2CCCCC21. The van der Waals surface area contributed by atoms with Crippen molar-refractivity contribution in [2.24, 2.45) is 53.3 Å². The van der Waals surface area contributed by atoms with Gasteiger partial charge in [-0.3, -0.25) is 0 Å². The molecule has 0 saturated heterocycles. The highest BCUT2D eigenvalue weighted by Crippen LogP contribution is 2.69. The van der Waals surface area contributed by atoms with Crippen molar-refractivity contribution < 1.29 is 4.74 Å². The molecule has 6 rings (SSSR count). The van der Waals surface area contributed by atoms with Crippen LogP contribution in [-0.4, -0.2) is 20.3 Å². The van der Waals surface area contributed by atoms with E-state index < -0.39 is 8.07 Å². The lowest BCUT2D eigenvalue weighted by atomic mass is 9.65. The maximum absolute atomic E-state index is 6.10. The fraction of sp³-hybridized carbons (Fsp3) is 1.00. The van der Waals surface area contributed by atoms with E-state index in [4.69, 9.17) is 4.74 Å². The van der Waals surface area contributed by atoms with Crippen LogP contribution in [0.2, 0.25) is 23.7 Å². The summed E-state index contributed by atoms with van der Waals surface area (Å²) >= 11 is 0. The van der Waals surface area contributed by atoms with Gasteiger partial charge in [-0.15, -0.1) is 0 Å². The monoisotopic (exact) mass is 597 g/mol. The van der Waals surface area contributed by atoms with Crippen LogP contribution in [0.1, 0.15) is 163 Å². The molecule has 2 heteroatoms. The second-order valence-corrected chi connectivity index (χ2v) is 23.3. The Bertz CT molecular complexity index is 819. The highest BCUT2D eigenvalue weighted by molar-refractivity contribution is 6.81. The third-order valence-corrected chi connectivity index (χ3v) is 21.4. The quantitative estimate of drug-likeness (QED) is 0.180. The molecule has 242 valence electrons. The Kier molecular flexibility index (Phi) is 10.6. The van der Waals surface area contributed by atoms with Crippen LogP contribution < -0.4 is 0 Å². The van der Waals surface area contributed by atoms with Gasteiger partial charge in [0.25, 0.3) is 0 Å². The zero-order valence-corrected chi connectivity index (χ0v) is 30.0. The standard InChI is InChI=1S/C40H72OSi/c1-29-28-37-31(30-18-9-8-10-19-30)24-17-25-36(37)38(29)42(5,27-16-7-6-15-26-41-40(2,3)4)39-34-22-13-11-20-32(34)33-21-12-14-23-35(33)39/h29-39H,6-28H2,1-5H3. The molecular formula is C40H72OSi. The van der Waals surface area contributed by atoms with Crippen LogP contribution in [0.15, 0.2) is 0 Å². The van der Waals surface area contributed by atoms with Gasteiger partial charge in [0.2, 0.25) is 0 Å². The molecule has 0 spiro atoms. The van der Waals surface area contributed by atoms with E-state index >= 15 is 0 Å². The summed E-state index contributed by atoms with van der Waals surface area (Å²) in [5, 5.41) is 0. The minimum atomic E-state index is -1.48. The van der Waals surface area contributed by atoms with Crippen molar-refractivity contribution in [3.8, 4) is 0 Å². The number of hydrogen-bond acceptors (Lipinski definition) is 1. The minimum absolute atomic E-state index is 0.0195. The molecule has 0 aromatic heterocycles. The Morgan fingerprint density at radius 3 is 1.71 bits per heavy atom. The Hall–Kier alpha value is 0.177. The van der Waals surface area contributed by atoms with Crippen LogP contribution in [-0.2, 0) is 4.74 Å². The molecule has 0 amide bonds. The lowest BCUT2D eigenvalue weighted by Gasteiger charge is -2.51. The average molecular weight is 597 g/mol. The van der Waals surface area contributed by atoms with Crippen molar-refractivity contribution in [1.82, 2.24) is 0 Å². The first kappa shape index (κ1) is 32.1. The lowest BCUT2D eigenvalue weighted by molar-refractivity contribution is -0.00471. The van der Waals surface area contributed by atoms with E-state index in [0.717, 1.165) is 65.4 Å². The number of unbranched alkanes of at least 4 members (excludes halogenated alkanes) is 3. The maximum atomic E-state index is 6.10. The third kappa shape index (κ3) is 6.67. The molecule has 0 aromatic rings. The summed E-state index contributed by atoms with van der Waals surface area (Å²) in [6.07, 6.45) is 32.5. The summed E-state index contributed by atoms with van der Waals surface area (Å²) in [7, 11) is -1.48. The van der Waals surface area contributed by atoms with Crippen molar-refractivity contribution in [3.63, 3.8) is 0 Å². The molecule has 42 heavy (non-hydrogen) atoms. The summed E-state index contributed by atoms with van der Waals surface area (Å²) in [6.45, 7) is 13.5. The zero-order chi connectivity index (χ0) is 29.3. The van der Waals surface area contributed by atoms with E-state index in [0.29, 0.717) is 0 Å². The summed E-state index contributed by atoms with van der Waals surface area (Å²) < 4.78 is 6.10. The molecule has 6 aliphatic rings. The lowest BCUT2D eigenvalue weighted by Crippen LogP contribution is -2.50. The highest BCUT2D eigenvalue weighted by atomic mass is 28.3. The second kappa shape index (κ2) is 13.9. The Labute approximate surface area is 263 Å². The van der Waals surface area contributed by atoms with Crippen LogP contribution in [0.3, 0.4) is 0 Å². The molecule has 0 aromatic carbocycles. The van der Waals surface area contributed by atoms with Gasteiger partial charge in [-0.05, 0) is 117 Å². The van der Waals surface area contributed by atoms with Crippen LogP contribution in [0, 0.1) is 53.3 Å². The topological polar surface area (TPSA) is 9.23 Å². The molecule has 1 nitrogen and oxygen atoms in total. The highest BCUT2D eigenvalue weighted by Gasteiger charge is 2.63. The molecule has 0 radical (unpaired) electrons. The first-order chi connectivity index (χ1) is 20.3. The van der Waals surface area contributed by atoms with E-state index in [9.17, 15) is 0 Å². The fourth-order valence-electron chi connectivity index (χ4n) is 13.9. The van der Waals surface area contributed by atoms with Gasteiger partial charge < -0.3 is 4.74 Å². The zero-order valence-electron chi connectivity index (χ0n) is 29.0. The number of rotatable bonds is 10. The van der Waals surface area contributed by atoms with E-state index in [2.05, 4.69) is 34.2 Å². The first-order valence-corrected chi connectivity index (χ1v) is 22.8. The molecule has 0 aliphatic heterocycles. The average Bonchev–Trinajstić information content (AvgIpc) is 3.51. The van der Waals surface area contributed by atoms with Crippen LogP contribution in [0.4, 0.5) is 0 Å². The molecule has 0 bridgehead atoms. The van der Waals surface area contributed by atoms with Crippen LogP contribution in [0.5, 0.6) is 0 Å². The summed E-state index contributed by atoms with van der Waals surface area (Å²) in [5.41, 5.74) is 2.34. The van der Waals surface area contributed by atoms with E-state index in [-0.39, 0.29) is 5.60 Å². The Morgan fingerprint density at radius 2 is 1.07 bits per heavy atom. The predicted octanol–water partition coefficient (Wildman–Crippen LogP) is 12.5. The van der Waals surface area contributed by atoms with Gasteiger partial charge in [-0.1, -0.05) is 122 Å². The molecular weight excluding hydrogens is 525 g/mol. The van der Waals surface area contributed by atoms with Gasteiger partial charge in [-0.2, -0.15) is 0 Å². The van der Waals surface area contributed by atoms with Crippen LogP contribution >= 0.6 is 0 Å². The number of ether oxygens (including phenoxy) is 1. The largest absolute Gasteiger partial charge is 0.376 e. The van der Waals surface area contributed by atoms with Gasteiger partial charge in [0, 0.05) is 6.61 Å². The van der Waals surface area contributed by atoms with Gasteiger partial charge in [0.1, 0.15) is 0 Å². The maximum Gasteiger partial charge on any atom is 0.0598 e. The smallest absolute Gasteiger partial charge is 0.0598 e. The van der Waals surface area contributed by atoms with Gasteiger partial charge in [-0.25, -0.2) is 0 Å². The van der Waals surface area contributed by atoms with Gasteiger partial charge in [0.15, 0.2) is 0 Å². The van der Waals surface area contributed by atoms with Crippen molar-refractivity contribution in [2.45, 2.75) is 192 Å². The summed E-state index contributed by atoms with van der Waals surface area (Å²) in [6, 6.07) is 1.68. The van der Waals surface area contributed by atoms with Gasteiger partial charge >= 0.3 is 0 Å². The molecule has 6 fully saturated rings. The number of hydrogen-bond donors (Lipinski definition) is 0. The fourth-order valence-corrected chi connectivity index (χ4v) is 21.7. The molecule has 0 N–H and O–H groups in total. The Balaban J connectivity index is 1.23. The van der Waals surface area contributed by atoms with Crippen molar-refractivity contribution in [1.29, 1.82) is 0 Å². The second-order valence-electron chi connectivity index (χ2n) is 18.4. The Morgan fingerprint density at radius 1 is 0.548 bits per heavy atom. The van der Waals surface area contributed by atoms with E-state index in [1.165, 1.54) is 37.6 Å². The van der Waals surface area contributed by atoms with Crippen molar-refractivity contribution >= 4 is 8.07 Å². The number of fused-ring (bicyclic) bond motifs is 4. The third-order valence-electron chi connectivity index (χ3n) is 15.0. The van der Waals surface area contributed by atoms with Crippen molar-refractivity contribution in [2.75, 3.05) is 6.61 Å². The van der Waals surface area contributed by atoms with Gasteiger partial charge in [0.05, 0.1) is 13.7 Å². The van der Waals surface area contributed by atoms with Crippen molar-refractivity contribution in [3.05, 3.63) is 0 Å². The minimum Gasteiger partial charge on any atom is -0.376 e. The normalized spacial score (nSPS) is 42.5. The van der Waals surface area contributed by atoms with E-state index in [1.54, 1.807) is 109 Å². The molecule has 10 atom stereocenters. The molecule has 6 saturated carbocycles. The summed E-state index contributed by atoms with van der Waals surface area (Å²) in [4.78, 5) is 0. The van der Waals surface area contributed by atoms with E-state index in [1.807, 2.05) is 0 Å². The molecule has 0 heterocycles. The molecule has 10 unspecified atom stereocenters. The first-order valence-electron chi connectivity index (χ1n) is 19.9. The van der Waals surface area contributed by atoms with Crippen LogP contribution in [0.25, 0.3) is 0 Å². The summed E-state index contributed by atoms with van der Waals surface area (Å²) in [5.74, 6) is 9.96.